The van der Waals surface area contributed by atoms with Crippen LogP contribution in [0.25, 0.3) is 0 Å². The molecule has 86 valence electrons. The van der Waals surface area contributed by atoms with Gasteiger partial charge in [-0.25, -0.2) is 5.06 Å². The van der Waals surface area contributed by atoms with Crippen LogP contribution in [0, 0.1) is 0 Å². The Labute approximate surface area is 93.5 Å². The highest BCUT2D eigenvalue weighted by molar-refractivity contribution is 7.98. The lowest BCUT2D eigenvalue weighted by Crippen LogP contribution is -2.76. The van der Waals surface area contributed by atoms with Gasteiger partial charge in [0, 0.05) is 6.92 Å². The molecule has 0 saturated carbocycles. The van der Waals surface area contributed by atoms with E-state index >= 15 is 0 Å². The van der Waals surface area contributed by atoms with Gasteiger partial charge in [-0.3, -0.25) is 14.4 Å². The molecule has 1 fully saturated rings. The fourth-order valence-electron chi connectivity index (χ4n) is 1.53. The summed E-state index contributed by atoms with van der Waals surface area (Å²) >= 11 is 1.49. The zero-order valence-electron chi connectivity index (χ0n) is 9.36. The number of thioether (sulfide) groups is 1. The first kappa shape index (κ1) is 12.3. The first-order chi connectivity index (χ1) is 6.91. The van der Waals surface area contributed by atoms with E-state index in [1.165, 1.54) is 23.7 Å². The van der Waals surface area contributed by atoms with Gasteiger partial charge in [0.25, 0.3) is 5.91 Å². The van der Waals surface area contributed by atoms with E-state index in [9.17, 15) is 9.59 Å². The zero-order chi connectivity index (χ0) is 11.6. The molecule has 5 nitrogen and oxygen atoms in total. The maximum Gasteiger partial charge on any atom is 0.271 e. The molecule has 0 radical (unpaired) electrons. The molecule has 15 heavy (non-hydrogen) atoms. The Bertz CT molecular complexity index is 281. The monoisotopic (exact) mass is 232 g/mol. The van der Waals surface area contributed by atoms with Crippen molar-refractivity contribution in [1.82, 2.24) is 10.4 Å². The molecule has 1 atom stereocenters. The number of amides is 2. The number of rotatable bonds is 4. The molecule has 1 aliphatic rings. The Morgan fingerprint density at radius 1 is 1.67 bits per heavy atom. The van der Waals surface area contributed by atoms with Crippen molar-refractivity contribution in [2.75, 3.05) is 12.2 Å². The van der Waals surface area contributed by atoms with Crippen molar-refractivity contribution < 1.29 is 14.4 Å². The molecular formula is C9H16N2O3S. The Morgan fingerprint density at radius 3 is 2.67 bits per heavy atom. The number of hydroxylamine groups is 2. The van der Waals surface area contributed by atoms with Gasteiger partial charge < -0.3 is 5.32 Å². The quantitative estimate of drug-likeness (QED) is 0.562. The maximum atomic E-state index is 11.6. The number of hydrogen-bond donors (Lipinski definition) is 1. The minimum Gasteiger partial charge on any atom is -0.342 e. The number of hydrogen-bond acceptors (Lipinski definition) is 4. The summed E-state index contributed by atoms with van der Waals surface area (Å²) in [7, 11) is 0. The van der Waals surface area contributed by atoms with Crippen LogP contribution in [0.15, 0.2) is 0 Å². The van der Waals surface area contributed by atoms with Crippen LogP contribution in [0.3, 0.4) is 0 Å². The fraction of sp³-hybridized carbons (Fsp3) is 0.778. The lowest BCUT2D eigenvalue weighted by atomic mass is 9.84. The molecular weight excluding hydrogens is 216 g/mol. The van der Waals surface area contributed by atoms with Crippen LogP contribution in [-0.4, -0.2) is 40.7 Å². The molecule has 1 saturated heterocycles. The van der Waals surface area contributed by atoms with Crippen LogP contribution in [0.2, 0.25) is 0 Å². The number of carbonyl (C=O) groups excluding carboxylic acids is 2. The van der Waals surface area contributed by atoms with Crippen molar-refractivity contribution in [3.63, 3.8) is 0 Å². The second-order valence-corrected chi connectivity index (χ2v) is 4.77. The highest BCUT2D eigenvalue weighted by Crippen LogP contribution is 2.32. The third kappa shape index (κ3) is 2.26. The smallest absolute Gasteiger partial charge is 0.271 e. The minimum absolute atomic E-state index is 0.191. The van der Waals surface area contributed by atoms with Gasteiger partial charge in [-0.15, -0.1) is 11.8 Å². The van der Waals surface area contributed by atoms with E-state index in [0.29, 0.717) is 5.94 Å². The Balaban J connectivity index is 2.59. The first-order valence-corrected chi connectivity index (χ1v) is 6.03. The average Bonchev–Trinajstić information content (AvgIpc) is 2.14. The molecule has 0 spiro atoms. The summed E-state index contributed by atoms with van der Waals surface area (Å²) in [6.07, 6.45) is 1.89. The SMILES string of the molecule is CSCON1C(=O)[C@@H](NC(C)=O)C1(C)C. The van der Waals surface area contributed by atoms with Gasteiger partial charge >= 0.3 is 0 Å². The van der Waals surface area contributed by atoms with E-state index in [1.54, 1.807) is 0 Å². The summed E-state index contributed by atoms with van der Waals surface area (Å²) in [5.74, 6) is 0.0392. The third-order valence-electron chi connectivity index (χ3n) is 2.32. The topological polar surface area (TPSA) is 58.6 Å². The second kappa shape index (κ2) is 4.40. The molecule has 0 unspecified atom stereocenters. The van der Waals surface area contributed by atoms with Gasteiger partial charge in [-0.1, -0.05) is 0 Å². The van der Waals surface area contributed by atoms with Crippen molar-refractivity contribution in [2.24, 2.45) is 0 Å². The molecule has 1 aliphatic heterocycles. The fourth-order valence-corrected chi connectivity index (χ4v) is 1.74. The van der Waals surface area contributed by atoms with Crippen molar-refractivity contribution in [3.05, 3.63) is 0 Å². The molecule has 0 aliphatic carbocycles. The Morgan fingerprint density at radius 2 is 2.27 bits per heavy atom. The molecule has 0 bridgehead atoms. The van der Waals surface area contributed by atoms with E-state index in [4.69, 9.17) is 4.84 Å². The van der Waals surface area contributed by atoms with Gasteiger partial charge in [0.05, 0.1) is 5.54 Å². The number of nitrogens with one attached hydrogen (secondary N) is 1. The van der Waals surface area contributed by atoms with Crippen molar-refractivity contribution >= 4 is 23.6 Å². The zero-order valence-corrected chi connectivity index (χ0v) is 10.2. The second-order valence-electron chi connectivity index (χ2n) is 3.96. The number of β-lactam (4-membered cyclic amide) rings is 1. The molecule has 1 rings (SSSR count). The van der Waals surface area contributed by atoms with Gasteiger partial charge in [0.1, 0.15) is 12.0 Å². The van der Waals surface area contributed by atoms with Crippen LogP contribution in [-0.2, 0) is 14.4 Å². The van der Waals surface area contributed by atoms with Crippen LogP contribution in [0.1, 0.15) is 20.8 Å². The largest absolute Gasteiger partial charge is 0.342 e. The van der Waals surface area contributed by atoms with Gasteiger partial charge in [0.2, 0.25) is 5.91 Å². The summed E-state index contributed by atoms with van der Waals surface area (Å²) in [4.78, 5) is 27.7. The maximum absolute atomic E-state index is 11.6. The molecule has 1 heterocycles. The van der Waals surface area contributed by atoms with E-state index in [2.05, 4.69) is 5.32 Å². The molecule has 6 heteroatoms. The Hall–Kier alpha value is -0.750. The summed E-state index contributed by atoms with van der Waals surface area (Å²) in [6, 6.07) is -0.475. The summed E-state index contributed by atoms with van der Waals surface area (Å²) in [5.41, 5.74) is -0.474. The van der Waals surface area contributed by atoms with Crippen LogP contribution in [0.5, 0.6) is 0 Å². The minimum atomic E-state index is -0.475. The van der Waals surface area contributed by atoms with E-state index in [0.717, 1.165) is 0 Å². The first-order valence-electron chi connectivity index (χ1n) is 4.64. The lowest BCUT2D eigenvalue weighted by Gasteiger charge is -2.51. The summed E-state index contributed by atoms with van der Waals surface area (Å²) in [5, 5.41) is 3.93. The lowest BCUT2D eigenvalue weighted by molar-refractivity contribution is -0.249. The van der Waals surface area contributed by atoms with E-state index in [1.807, 2.05) is 20.1 Å². The third-order valence-corrected chi connectivity index (χ3v) is 2.67. The predicted molar refractivity (Wildman–Crippen MR) is 58.0 cm³/mol. The van der Waals surface area contributed by atoms with Crippen LogP contribution >= 0.6 is 11.8 Å². The Kier molecular flexibility index (Phi) is 3.62. The average molecular weight is 232 g/mol. The van der Waals surface area contributed by atoms with Crippen molar-refractivity contribution in [2.45, 2.75) is 32.4 Å². The highest BCUT2D eigenvalue weighted by Gasteiger charge is 2.55. The van der Waals surface area contributed by atoms with Gasteiger partial charge in [-0.05, 0) is 20.1 Å². The number of nitrogens with zero attached hydrogens (tertiary/aromatic N) is 1. The molecule has 0 aromatic heterocycles. The summed E-state index contributed by atoms with van der Waals surface area (Å²) in [6.45, 7) is 5.11. The molecule has 0 aromatic rings. The van der Waals surface area contributed by atoms with Crippen LogP contribution < -0.4 is 5.32 Å². The number of carbonyl (C=O) groups is 2. The summed E-state index contributed by atoms with van der Waals surface area (Å²) < 4.78 is 0. The molecule has 1 N–H and O–H groups in total. The van der Waals surface area contributed by atoms with Crippen molar-refractivity contribution in [3.8, 4) is 0 Å². The van der Waals surface area contributed by atoms with Crippen LogP contribution in [0.4, 0.5) is 0 Å². The molecule has 2 amide bonds. The van der Waals surface area contributed by atoms with E-state index in [-0.39, 0.29) is 11.8 Å². The standard InChI is InChI=1S/C9H16N2O3S/c1-6(12)10-7-8(13)11(9(7,2)3)14-5-15-4/h7H,5H2,1-4H3,(H,10,12)/t7-/m1/s1. The van der Waals surface area contributed by atoms with Gasteiger partial charge in [0.15, 0.2) is 0 Å². The van der Waals surface area contributed by atoms with Gasteiger partial charge in [-0.2, -0.15) is 0 Å². The van der Waals surface area contributed by atoms with Crippen molar-refractivity contribution in [1.29, 1.82) is 0 Å². The normalized spacial score (nSPS) is 23.6. The highest BCUT2D eigenvalue weighted by atomic mass is 32.2. The van der Waals surface area contributed by atoms with E-state index < -0.39 is 11.6 Å². The predicted octanol–water partition coefficient (Wildman–Crippen LogP) is 0.364. The molecule has 0 aromatic carbocycles.